The molecule has 2 aliphatic carbocycles. The molecule has 0 aromatic carbocycles. The van der Waals surface area contributed by atoms with Gasteiger partial charge < -0.3 is 5.11 Å². The number of carbonyl (C=O) groups is 1. The zero-order valence-electron chi connectivity index (χ0n) is 7.50. The average molecular weight is 166 g/mol. The van der Waals surface area contributed by atoms with Crippen molar-refractivity contribution in [2.75, 3.05) is 0 Å². The van der Waals surface area contributed by atoms with Gasteiger partial charge in [0.1, 0.15) is 0 Å². The highest BCUT2D eigenvalue weighted by Crippen LogP contribution is 2.73. The molecule has 0 radical (unpaired) electrons. The van der Waals surface area contributed by atoms with Crippen LogP contribution in [-0.2, 0) is 4.79 Å². The van der Waals surface area contributed by atoms with Crippen LogP contribution in [0, 0.1) is 16.7 Å². The highest BCUT2D eigenvalue weighted by molar-refractivity contribution is 5.81. The van der Waals surface area contributed by atoms with Crippen LogP contribution in [0.5, 0.6) is 0 Å². The Kier molecular flexibility index (Phi) is 1.26. The smallest absolute Gasteiger partial charge is 0.310 e. The maximum Gasteiger partial charge on any atom is 0.310 e. The fraction of sp³-hybridized carbons (Fsp3) is 0.700. The summed E-state index contributed by atoms with van der Waals surface area (Å²) in [6.45, 7) is 4.14. The molecule has 2 nitrogen and oxygen atoms in total. The Hall–Kier alpha value is -0.790. The number of fused-ring (bicyclic) bond motifs is 1. The van der Waals surface area contributed by atoms with Crippen LogP contribution in [0.4, 0.5) is 0 Å². The van der Waals surface area contributed by atoms with Crippen LogP contribution >= 0.6 is 0 Å². The zero-order valence-corrected chi connectivity index (χ0v) is 7.50. The van der Waals surface area contributed by atoms with Gasteiger partial charge in [0.25, 0.3) is 0 Å². The first kappa shape index (κ1) is 7.84. The van der Waals surface area contributed by atoms with Crippen molar-refractivity contribution < 1.29 is 9.90 Å². The second-order valence-corrected chi connectivity index (χ2v) is 4.46. The number of carboxylic acids is 1. The molecule has 2 rings (SSSR count). The summed E-state index contributed by atoms with van der Waals surface area (Å²) in [5.41, 5.74) is -0.427. The molecule has 1 saturated carbocycles. The van der Waals surface area contributed by atoms with Gasteiger partial charge in [-0.05, 0) is 24.2 Å². The molecule has 0 bridgehead atoms. The Balaban J connectivity index is 2.36. The summed E-state index contributed by atoms with van der Waals surface area (Å²) in [7, 11) is 0. The maximum atomic E-state index is 11.1. The molecule has 0 aliphatic heterocycles. The number of aliphatic carboxylic acids is 1. The quantitative estimate of drug-likeness (QED) is 0.605. The molecule has 2 aliphatic rings. The molecular formula is C10H14O2. The van der Waals surface area contributed by atoms with Crippen LogP contribution < -0.4 is 0 Å². The van der Waals surface area contributed by atoms with Gasteiger partial charge in [0.15, 0.2) is 0 Å². The van der Waals surface area contributed by atoms with E-state index in [9.17, 15) is 4.79 Å². The van der Waals surface area contributed by atoms with E-state index in [2.05, 4.69) is 19.9 Å². The molecule has 66 valence electrons. The van der Waals surface area contributed by atoms with Crippen molar-refractivity contribution in [1.82, 2.24) is 0 Å². The molecule has 1 N–H and O–H groups in total. The first-order chi connectivity index (χ1) is 5.53. The van der Waals surface area contributed by atoms with Gasteiger partial charge in [-0.1, -0.05) is 26.0 Å². The van der Waals surface area contributed by atoms with Crippen LogP contribution in [-0.4, -0.2) is 11.1 Å². The minimum Gasteiger partial charge on any atom is -0.481 e. The summed E-state index contributed by atoms with van der Waals surface area (Å²) >= 11 is 0. The molecule has 0 aromatic heterocycles. The Morgan fingerprint density at radius 2 is 2.17 bits per heavy atom. The number of hydrogen-bond acceptors (Lipinski definition) is 1. The van der Waals surface area contributed by atoms with Gasteiger partial charge in [0.2, 0.25) is 0 Å². The zero-order chi connectivity index (χ0) is 8.98. The van der Waals surface area contributed by atoms with Gasteiger partial charge >= 0.3 is 5.97 Å². The molecule has 0 amide bonds. The third-order valence-corrected chi connectivity index (χ3v) is 3.89. The van der Waals surface area contributed by atoms with Crippen LogP contribution in [0.2, 0.25) is 0 Å². The Bertz CT molecular complexity index is 265. The average Bonchev–Trinajstić information content (AvgIpc) is 2.52. The van der Waals surface area contributed by atoms with Crippen molar-refractivity contribution in [3.8, 4) is 0 Å². The van der Waals surface area contributed by atoms with E-state index in [4.69, 9.17) is 5.11 Å². The molecule has 0 heterocycles. The lowest BCUT2D eigenvalue weighted by Gasteiger charge is -2.14. The van der Waals surface area contributed by atoms with Gasteiger partial charge in [-0.3, -0.25) is 4.79 Å². The van der Waals surface area contributed by atoms with Crippen LogP contribution in [0.25, 0.3) is 0 Å². The normalized spacial score (nSPS) is 42.0. The predicted octanol–water partition coefficient (Wildman–Crippen LogP) is 2.06. The van der Waals surface area contributed by atoms with Gasteiger partial charge in [-0.15, -0.1) is 0 Å². The van der Waals surface area contributed by atoms with Crippen molar-refractivity contribution >= 4 is 5.97 Å². The molecule has 1 fully saturated rings. The van der Waals surface area contributed by atoms with Gasteiger partial charge in [0, 0.05) is 0 Å². The van der Waals surface area contributed by atoms with Gasteiger partial charge in [0.05, 0.1) is 5.41 Å². The fourth-order valence-electron chi connectivity index (χ4n) is 2.88. The van der Waals surface area contributed by atoms with Crippen molar-refractivity contribution in [1.29, 1.82) is 0 Å². The largest absolute Gasteiger partial charge is 0.481 e. The van der Waals surface area contributed by atoms with E-state index in [0.717, 1.165) is 12.8 Å². The van der Waals surface area contributed by atoms with E-state index in [0.29, 0.717) is 5.92 Å². The number of allylic oxidation sites excluding steroid dienone is 2. The molecule has 0 spiro atoms. The van der Waals surface area contributed by atoms with Crippen molar-refractivity contribution in [2.24, 2.45) is 16.7 Å². The molecular weight excluding hydrogens is 152 g/mol. The second-order valence-electron chi connectivity index (χ2n) is 4.46. The van der Waals surface area contributed by atoms with E-state index in [1.54, 1.807) is 0 Å². The topological polar surface area (TPSA) is 37.3 Å². The monoisotopic (exact) mass is 166 g/mol. The Labute approximate surface area is 72.3 Å². The molecule has 2 atom stereocenters. The van der Waals surface area contributed by atoms with Gasteiger partial charge in [-0.25, -0.2) is 0 Å². The molecule has 2 heteroatoms. The minimum atomic E-state index is -0.609. The lowest BCUT2D eigenvalue weighted by atomic mass is 9.90. The van der Waals surface area contributed by atoms with Crippen molar-refractivity contribution in [3.05, 3.63) is 12.2 Å². The highest BCUT2D eigenvalue weighted by Gasteiger charge is 2.74. The lowest BCUT2D eigenvalue weighted by Crippen LogP contribution is -2.21. The van der Waals surface area contributed by atoms with E-state index >= 15 is 0 Å². The summed E-state index contributed by atoms with van der Waals surface area (Å²) in [6, 6.07) is 0. The lowest BCUT2D eigenvalue weighted by molar-refractivity contribution is -0.145. The van der Waals surface area contributed by atoms with Gasteiger partial charge in [-0.2, -0.15) is 0 Å². The molecule has 0 aromatic rings. The highest BCUT2D eigenvalue weighted by atomic mass is 16.4. The third-order valence-electron chi connectivity index (χ3n) is 3.89. The fourth-order valence-corrected chi connectivity index (χ4v) is 2.88. The van der Waals surface area contributed by atoms with E-state index in [1.165, 1.54) is 0 Å². The van der Waals surface area contributed by atoms with Crippen molar-refractivity contribution in [3.63, 3.8) is 0 Å². The summed E-state index contributed by atoms with van der Waals surface area (Å²) in [6.07, 6.45) is 5.79. The first-order valence-corrected chi connectivity index (χ1v) is 4.42. The van der Waals surface area contributed by atoms with Crippen LogP contribution in [0.1, 0.15) is 26.7 Å². The molecule has 12 heavy (non-hydrogen) atoms. The van der Waals surface area contributed by atoms with Crippen molar-refractivity contribution in [2.45, 2.75) is 26.7 Å². The van der Waals surface area contributed by atoms with E-state index in [1.807, 2.05) is 6.08 Å². The first-order valence-electron chi connectivity index (χ1n) is 4.42. The van der Waals surface area contributed by atoms with Crippen LogP contribution in [0.15, 0.2) is 12.2 Å². The number of hydrogen-bond donors (Lipinski definition) is 1. The molecule has 0 saturated heterocycles. The summed E-state index contributed by atoms with van der Waals surface area (Å²) in [5, 5.41) is 9.14. The summed E-state index contributed by atoms with van der Waals surface area (Å²) in [4.78, 5) is 11.1. The molecule has 2 unspecified atom stereocenters. The van der Waals surface area contributed by atoms with E-state index < -0.39 is 11.4 Å². The third kappa shape index (κ3) is 0.598. The standard InChI is InChI=1S/C10H14O2/c1-9(2)7-5-3-4-6-10(7,9)8(11)12/h3-4,7H,5-6H2,1-2H3,(H,11,12). The maximum absolute atomic E-state index is 11.1. The second kappa shape index (κ2) is 1.93. The summed E-state index contributed by atoms with van der Waals surface area (Å²) in [5.74, 6) is -0.241. The van der Waals surface area contributed by atoms with E-state index in [-0.39, 0.29) is 5.41 Å². The van der Waals surface area contributed by atoms with Crippen LogP contribution in [0.3, 0.4) is 0 Å². The Morgan fingerprint density at radius 1 is 1.50 bits per heavy atom. The number of rotatable bonds is 1. The Morgan fingerprint density at radius 3 is 2.58 bits per heavy atom. The SMILES string of the molecule is CC1(C)C2CC=CCC21C(=O)O. The number of carboxylic acid groups (broad SMARTS) is 1. The predicted molar refractivity (Wildman–Crippen MR) is 45.7 cm³/mol. The summed E-state index contributed by atoms with van der Waals surface area (Å²) < 4.78 is 0. The minimum absolute atomic E-state index is 0.00231.